The Kier molecular flexibility index (Phi) is 6.79. The van der Waals surface area contributed by atoms with Gasteiger partial charge >= 0.3 is 5.97 Å². The van der Waals surface area contributed by atoms with Crippen molar-refractivity contribution < 1.29 is 9.53 Å². The Hall–Kier alpha value is -2.55. The summed E-state index contributed by atoms with van der Waals surface area (Å²) < 4.78 is 4.81. The molecule has 0 aromatic carbocycles. The first kappa shape index (κ1) is 21.2. The minimum absolute atomic E-state index is 0.334. The van der Waals surface area contributed by atoms with Crippen molar-refractivity contribution in [3.05, 3.63) is 57.0 Å². The van der Waals surface area contributed by atoms with Crippen molar-refractivity contribution in [2.45, 2.75) is 20.8 Å². The third kappa shape index (κ3) is 5.09. The van der Waals surface area contributed by atoms with E-state index >= 15 is 0 Å². The van der Waals surface area contributed by atoms with Crippen LogP contribution in [0.3, 0.4) is 0 Å². The molecule has 0 atom stereocenters. The number of anilines is 1. The zero-order valence-corrected chi connectivity index (χ0v) is 18.5. The third-order valence-electron chi connectivity index (χ3n) is 3.74. The molecular formula is C20H19ClN4O2S2. The molecule has 4 aromatic rings. The first-order chi connectivity index (χ1) is 13.9. The van der Waals surface area contributed by atoms with Crippen LogP contribution in [0, 0.1) is 13.8 Å². The van der Waals surface area contributed by atoms with E-state index in [0.29, 0.717) is 28.1 Å². The minimum Gasteiger partial charge on any atom is -0.462 e. The van der Waals surface area contributed by atoms with E-state index in [2.05, 4.69) is 15.0 Å². The smallest absolute Gasteiger partial charge is 0.341 e. The normalized spacial score (nSPS) is 10.5. The van der Waals surface area contributed by atoms with Gasteiger partial charge in [0.2, 0.25) is 0 Å². The van der Waals surface area contributed by atoms with Crippen LogP contribution in [0.5, 0.6) is 0 Å². The average Bonchev–Trinajstić information content (AvgIpc) is 3.24. The highest BCUT2D eigenvalue weighted by Gasteiger charge is 2.13. The van der Waals surface area contributed by atoms with Crippen molar-refractivity contribution in [1.82, 2.24) is 15.0 Å². The van der Waals surface area contributed by atoms with Gasteiger partial charge in [-0.15, -0.1) is 22.7 Å². The highest BCUT2D eigenvalue weighted by Crippen LogP contribution is 2.30. The Balaban J connectivity index is 0.000000177. The number of nitrogen functional groups attached to an aromatic ring is 1. The van der Waals surface area contributed by atoms with Crippen LogP contribution >= 0.6 is 34.3 Å². The van der Waals surface area contributed by atoms with E-state index in [0.717, 1.165) is 20.8 Å². The predicted octanol–water partition coefficient (Wildman–Crippen LogP) is 5.53. The number of hydrogen-bond acceptors (Lipinski definition) is 8. The number of aromatic nitrogens is 3. The molecule has 0 unspecified atom stereocenters. The summed E-state index contributed by atoms with van der Waals surface area (Å²) in [6, 6.07) is 9.39. The first-order valence-corrected chi connectivity index (χ1v) is 10.8. The fraction of sp³-hybridized carbons (Fsp3) is 0.200. The van der Waals surface area contributed by atoms with Gasteiger partial charge in [-0.05, 0) is 45.0 Å². The zero-order chi connectivity index (χ0) is 21.0. The number of ether oxygens (including phenoxy) is 1. The molecule has 9 heteroatoms. The summed E-state index contributed by atoms with van der Waals surface area (Å²) >= 11 is 9.17. The lowest BCUT2D eigenvalue weighted by atomic mass is 10.3. The lowest BCUT2D eigenvalue weighted by Crippen LogP contribution is -2.05. The largest absolute Gasteiger partial charge is 0.462 e. The van der Waals surface area contributed by atoms with Gasteiger partial charge in [-0.3, -0.25) is 4.98 Å². The SMILES string of the molecule is CCOC(=O)c1cc(C)sc1N.Cc1cc2c(Cl)nc(-c3ccccn3)nc2s1. The number of esters is 1. The van der Waals surface area contributed by atoms with Crippen molar-refractivity contribution in [2.24, 2.45) is 0 Å². The van der Waals surface area contributed by atoms with Gasteiger partial charge in [0, 0.05) is 21.3 Å². The van der Waals surface area contributed by atoms with Crippen molar-refractivity contribution in [2.75, 3.05) is 12.3 Å². The summed E-state index contributed by atoms with van der Waals surface area (Å²) in [5, 5.41) is 1.93. The van der Waals surface area contributed by atoms with Crippen molar-refractivity contribution in [3.8, 4) is 11.5 Å². The monoisotopic (exact) mass is 446 g/mol. The first-order valence-electron chi connectivity index (χ1n) is 8.77. The molecule has 0 saturated heterocycles. The Morgan fingerprint density at radius 3 is 2.55 bits per heavy atom. The molecule has 29 heavy (non-hydrogen) atoms. The van der Waals surface area contributed by atoms with E-state index in [-0.39, 0.29) is 5.97 Å². The van der Waals surface area contributed by atoms with Gasteiger partial charge in [-0.2, -0.15) is 0 Å². The molecule has 4 aromatic heterocycles. The quantitative estimate of drug-likeness (QED) is 0.328. The van der Waals surface area contributed by atoms with Crippen LogP contribution in [0.15, 0.2) is 36.5 Å². The van der Waals surface area contributed by atoms with Crippen LogP contribution < -0.4 is 5.73 Å². The van der Waals surface area contributed by atoms with Gasteiger partial charge in [0.15, 0.2) is 5.82 Å². The van der Waals surface area contributed by atoms with Crippen molar-refractivity contribution in [1.29, 1.82) is 0 Å². The highest BCUT2D eigenvalue weighted by molar-refractivity contribution is 7.18. The number of hydrogen-bond donors (Lipinski definition) is 1. The summed E-state index contributed by atoms with van der Waals surface area (Å²) in [5.74, 6) is 0.240. The molecule has 0 radical (unpaired) electrons. The van der Waals surface area contributed by atoms with Gasteiger partial charge in [0.25, 0.3) is 0 Å². The molecule has 2 N–H and O–H groups in total. The molecule has 6 nitrogen and oxygen atoms in total. The third-order valence-corrected chi connectivity index (χ3v) is 5.85. The molecular weight excluding hydrogens is 428 g/mol. The van der Waals surface area contributed by atoms with E-state index in [4.69, 9.17) is 22.1 Å². The maximum atomic E-state index is 11.2. The molecule has 0 saturated carbocycles. The van der Waals surface area contributed by atoms with Gasteiger partial charge in [0.1, 0.15) is 20.7 Å². The maximum Gasteiger partial charge on any atom is 0.341 e. The number of rotatable bonds is 3. The molecule has 0 spiro atoms. The molecule has 0 bridgehead atoms. The van der Waals surface area contributed by atoms with E-state index < -0.39 is 0 Å². The second-order valence-electron chi connectivity index (χ2n) is 5.98. The van der Waals surface area contributed by atoms with Gasteiger partial charge in [-0.25, -0.2) is 14.8 Å². The number of halogens is 1. The maximum absolute atomic E-state index is 11.2. The highest BCUT2D eigenvalue weighted by atomic mass is 35.5. The van der Waals surface area contributed by atoms with Gasteiger partial charge < -0.3 is 10.5 Å². The Bertz CT molecular complexity index is 1140. The van der Waals surface area contributed by atoms with Crippen molar-refractivity contribution in [3.63, 3.8) is 0 Å². The molecule has 4 heterocycles. The fourth-order valence-corrected chi connectivity index (χ4v) is 4.45. The summed E-state index contributed by atoms with van der Waals surface area (Å²) in [5.41, 5.74) is 6.81. The summed E-state index contributed by atoms with van der Waals surface area (Å²) in [6.45, 7) is 6.09. The zero-order valence-electron chi connectivity index (χ0n) is 16.1. The Morgan fingerprint density at radius 1 is 1.17 bits per heavy atom. The van der Waals surface area contributed by atoms with E-state index in [9.17, 15) is 4.79 Å². The standard InChI is InChI=1S/C12H8ClN3S.C8H11NO2S/c1-7-6-8-10(13)15-11(16-12(8)17-7)9-4-2-3-5-14-9;1-3-11-8(10)6-4-5(2)12-7(6)9/h2-6H,1H3;4H,3,9H2,1-2H3. The number of nitrogens with zero attached hydrogens (tertiary/aromatic N) is 3. The minimum atomic E-state index is -0.334. The fourth-order valence-electron chi connectivity index (χ4n) is 2.52. The summed E-state index contributed by atoms with van der Waals surface area (Å²) in [7, 11) is 0. The lowest BCUT2D eigenvalue weighted by molar-refractivity contribution is 0.0528. The average molecular weight is 447 g/mol. The number of carbonyl (C=O) groups is 1. The molecule has 150 valence electrons. The predicted molar refractivity (Wildman–Crippen MR) is 120 cm³/mol. The van der Waals surface area contributed by atoms with E-state index in [1.54, 1.807) is 30.5 Å². The molecule has 0 aliphatic heterocycles. The molecule has 0 aliphatic rings. The van der Waals surface area contributed by atoms with Crippen molar-refractivity contribution >= 4 is 55.5 Å². The van der Waals surface area contributed by atoms with Crippen LogP contribution in [0.25, 0.3) is 21.7 Å². The summed E-state index contributed by atoms with van der Waals surface area (Å²) in [6.07, 6.45) is 1.72. The van der Waals surface area contributed by atoms with Crippen LogP contribution in [0.1, 0.15) is 27.0 Å². The molecule has 0 fully saturated rings. The second-order valence-corrected chi connectivity index (χ2v) is 8.87. The van der Waals surface area contributed by atoms with E-state index in [1.165, 1.54) is 16.2 Å². The number of aryl methyl sites for hydroxylation is 2. The van der Waals surface area contributed by atoms with Gasteiger partial charge in [-0.1, -0.05) is 17.7 Å². The van der Waals surface area contributed by atoms with Crippen LogP contribution in [0.2, 0.25) is 5.15 Å². The van der Waals surface area contributed by atoms with Gasteiger partial charge in [0.05, 0.1) is 12.2 Å². The Labute approximate surface area is 181 Å². The van der Waals surface area contributed by atoms with Crippen LogP contribution in [-0.2, 0) is 4.74 Å². The van der Waals surface area contributed by atoms with E-state index in [1.807, 2.05) is 38.1 Å². The van der Waals surface area contributed by atoms with Crippen LogP contribution in [-0.4, -0.2) is 27.5 Å². The number of carbonyl (C=O) groups excluding carboxylic acids is 1. The summed E-state index contributed by atoms with van der Waals surface area (Å²) in [4.78, 5) is 27.3. The molecule has 0 amide bonds. The Morgan fingerprint density at radius 2 is 1.93 bits per heavy atom. The molecule has 0 aliphatic carbocycles. The van der Waals surface area contributed by atoms with Crippen LogP contribution in [0.4, 0.5) is 5.00 Å². The number of nitrogens with two attached hydrogens (primary N) is 1. The second kappa shape index (κ2) is 9.30. The number of thiophene rings is 2. The topological polar surface area (TPSA) is 91.0 Å². The lowest BCUT2D eigenvalue weighted by Gasteiger charge is -2.00. The number of fused-ring (bicyclic) bond motifs is 1. The molecule has 4 rings (SSSR count). The number of pyridine rings is 1.